The van der Waals surface area contributed by atoms with E-state index in [1.54, 1.807) is 13.8 Å². The van der Waals surface area contributed by atoms with Crippen molar-refractivity contribution >= 4 is 26.0 Å². The van der Waals surface area contributed by atoms with Crippen LogP contribution < -0.4 is 4.72 Å². The van der Waals surface area contributed by atoms with Crippen molar-refractivity contribution in [1.29, 1.82) is 0 Å². The van der Waals surface area contributed by atoms with Crippen LogP contribution in [-0.4, -0.2) is 30.8 Å². The van der Waals surface area contributed by atoms with E-state index in [0.29, 0.717) is 0 Å². The van der Waals surface area contributed by atoms with E-state index in [-0.39, 0.29) is 23.2 Å². The zero-order chi connectivity index (χ0) is 9.78. The van der Waals surface area contributed by atoms with Crippen molar-refractivity contribution in [2.45, 2.75) is 19.9 Å². The Morgan fingerprint density at radius 1 is 1.50 bits per heavy atom. The third-order valence-electron chi connectivity index (χ3n) is 1.65. The van der Waals surface area contributed by atoms with Crippen LogP contribution in [0.5, 0.6) is 0 Å². The van der Waals surface area contributed by atoms with E-state index in [0.717, 1.165) is 0 Å². The molecule has 0 spiro atoms. The van der Waals surface area contributed by atoms with Gasteiger partial charge in [-0.2, -0.15) is 0 Å². The second-order valence-electron chi connectivity index (χ2n) is 2.79. The Bertz CT molecular complexity index is 217. The van der Waals surface area contributed by atoms with E-state index < -0.39 is 10.0 Å². The van der Waals surface area contributed by atoms with E-state index >= 15 is 0 Å². The first kappa shape index (κ1) is 12.3. The maximum atomic E-state index is 11.0. The fourth-order valence-electron chi connectivity index (χ4n) is 0.589. The number of halogens is 1. The standard InChI is InChI=1S/C6H14BrNO3S/c1-5(3-9)6(2)8-12(10,11)4-7/h5-6,8-9H,3-4H2,1-2H3. The summed E-state index contributed by atoms with van der Waals surface area (Å²) >= 11 is 2.86. The molecule has 0 fully saturated rings. The zero-order valence-electron chi connectivity index (χ0n) is 7.12. The lowest BCUT2D eigenvalue weighted by atomic mass is 10.1. The highest BCUT2D eigenvalue weighted by atomic mass is 79.9. The molecule has 0 bridgehead atoms. The SMILES string of the molecule is CC(CO)C(C)NS(=O)(=O)CBr. The molecule has 74 valence electrons. The lowest BCUT2D eigenvalue weighted by Crippen LogP contribution is -2.38. The van der Waals surface area contributed by atoms with Crippen molar-refractivity contribution < 1.29 is 13.5 Å². The molecule has 0 amide bonds. The van der Waals surface area contributed by atoms with Crippen LogP contribution in [0.4, 0.5) is 0 Å². The van der Waals surface area contributed by atoms with E-state index in [1.165, 1.54) is 0 Å². The largest absolute Gasteiger partial charge is 0.396 e. The molecule has 0 aliphatic heterocycles. The second kappa shape index (κ2) is 5.16. The van der Waals surface area contributed by atoms with Gasteiger partial charge in [-0.05, 0) is 12.8 Å². The van der Waals surface area contributed by atoms with Gasteiger partial charge in [0.05, 0.1) is 0 Å². The minimum Gasteiger partial charge on any atom is -0.396 e. The van der Waals surface area contributed by atoms with Gasteiger partial charge in [0.25, 0.3) is 0 Å². The molecular formula is C6H14BrNO3S. The molecule has 0 aromatic carbocycles. The maximum absolute atomic E-state index is 11.0. The zero-order valence-corrected chi connectivity index (χ0v) is 9.52. The number of alkyl halides is 1. The summed E-state index contributed by atoms with van der Waals surface area (Å²) in [7, 11) is -3.22. The summed E-state index contributed by atoms with van der Waals surface area (Å²) in [5, 5.41) is 8.73. The van der Waals surface area contributed by atoms with Gasteiger partial charge in [-0.1, -0.05) is 22.9 Å². The van der Waals surface area contributed by atoms with Crippen molar-refractivity contribution in [3.63, 3.8) is 0 Å². The molecule has 0 aliphatic rings. The Kier molecular flexibility index (Phi) is 5.31. The molecule has 0 heterocycles. The van der Waals surface area contributed by atoms with E-state index in [1.807, 2.05) is 0 Å². The summed E-state index contributed by atoms with van der Waals surface area (Å²) in [6, 6.07) is -0.238. The first-order valence-electron chi connectivity index (χ1n) is 3.59. The van der Waals surface area contributed by atoms with Gasteiger partial charge in [-0.15, -0.1) is 0 Å². The molecule has 0 saturated carbocycles. The Morgan fingerprint density at radius 3 is 2.33 bits per heavy atom. The Hall–Kier alpha value is 0.350. The first-order valence-corrected chi connectivity index (χ1v) is 6.37. The van der Waals surface area contributed by atoms with Crippen LogP contribution in [-0.2, 0) is 10.0 Å². The lowest BCUT2D eigenvalue weighted by molar-refractivity contribution is 0.216. The molecule has 0 rings (SSSR count). The summed E-state index contributed by atoms with van der Waals surface area (Å²) in [4.78, 5) is 0. The van der Waals surface area contributed by atoms with E-state index in [4.69, 9.17) is 5.11 Å². The quantitative estimate of drug-likeness (QED) is 0.697. The molecule has 2 atom stereocenters. The summed E-state index contributed by atoms with van der Waals surface area (Å²) in [6.07, 6.45) is 0. The molecule has 4 nitrogen and oxygen atoms in total. The first-order chi connectivity index (χ1) is 5.43. The molecule has 0 aromatic heterocycles. The number of nitrogens with one attached hydrogen (secondary N) is 1. The smallest absolute Gasteiger partial charge is 0.221 e. The van der Waals surface area contributed by atoms with Gasteiger partial charge in [-0.25, -0.2) is 13.1 Å². The molecule has 2 unspecified atom stereocenters. The van der Waals surface area contributed by atoms with Crippen LogP contribution in [0.1, 0.15) is 13.8 Å². The van der Waals surface area contributed by atoms with Crippen LogP contribution in [0.15, 0.2) is 0 Å². The molecule has 0 saturated heterocycles. The van der Waals surface area contributed by atoms with Crippen molar-refractivity contribution in [3.8, 4) is 0 Å². The predicted molar refractivity (Wildman–Crippen MR) is 51.6 cm³/mol. The number of hydrogen-bond donors (Lipinski definition) is 2. The molecule has 2 N–H and O–H groups in total. The van der Waals surface area contributed by atoms with Gasteiger partial charge < -0.3 is 5.11 Å². The molecule has 6 heteroatoms. The molecule has 0 radical (unpaired) electrons. The Morgan fingerprint density at radius 2 is 2.00 bits per heavy atom. The number of aliphatic hydroxyl groups excluding tert-OH is 1. The number of rotatable bonds is 5. The van der Waals surface area contributed by atoms with Gasteiger partial charge in [-0.3, -0.25) is 0 Å². The minimum absolute atomic E-state index is 0.0219. The fraction of sp³-hybridized carbons (Fsp3) is 1.00. The van der Waals surface area contributed by atoms with Gasteiger partial charge in [0, 0.05) is 12.6 Å². The topological polar surface area (TPSA) is 66.4 Å². The van der Waals surface area contributed by atoms with Crippen molar-refractivity contribution in [3.05, 3.63) is 0 Å². The van der Waals surface area contributed by atoms with Gasteiger partial charge in [0.15, 0.2) is 0 Å². The lowest BCUT2D eigenvalue weighted by Gasteiger charge is -2.18. The molecular weight excluding hydrogens is 246 g/mol. The number of aliphatic hydroxyl groups is 1. The summed E-state index contributed by atoms with van der Waals surface area (Å²) in [5.41, 5.74) is 0. The van der Waals surface area contributed by atoms with Gasteiger partial charge >= 0.3 is 0 Å². The third kappa shape index (κ3) is 4.39. The second-order valence-corrected chi connectivity index (χ2v) is 5.85. The summed E-state index contributed by atoms with van der Waals surface area (Å²) in [5.74, 6) is -0.0705. The van der Waals surface area contributed by atoms with Gasteiger partial charge in [0.2, 0.25) is 10.0 Å². The fourth-order valence-corrected chi connectivity index (χ4v) is 1.85. The minimum atomic E-state index is -3.22. The van der Waals surface area contributed by atoms with Crippen LogP contribution in [0.2, 0.25) is 0 Å². The Balaban J connectivity index is 4.09. The highest BCUT2D eigenvalue weighted by Gasteiger charge is 2.17. The van der Waals surface area contributed by atoms with Crippen LogP contribution in [0, 0.1) is 5.92 Å². The average molecular weight is 260 g/mol. The van der Waals surface area contributed by atoms with Gasteiger partial charge in [0.1, 0.15) is 4.66 Å². The molecule has 12 heavy (non-hydrogen) atoms. The number of sulfonamides is 1. The van der Waals surface area contributed by atoms with E-state index in [9.17, 15) is 8.42 Å². The maximum Gasteiger partial charge on any atom is 0.221 e. The van der Waals surface area contributed by atoms with Crippen LogP contribution in [0.3, 0.4) is 0 Å². The molecule has 0 aromatic rings. The number of hydrogen-bond acceptors (Lipinski definition) is 3. The highest BCUT2D eigenvalue weighted by molar-refractivity contribution is 9.10. The predicted octanol–water partition coefficient (Wildman–Crippen LogP) is 0.275. The highest BCUT2D eigenvalue weighted by Crippen LogP contribution is 2.03. The summed E-state index contributed by atoms with van der Waals surface area (Å²) in [6.45, 7) is 3.48. The third-order valence-corrected chi connectivity index (χ3v) is 4.48. The summed E-state index contributed by atoms with van der Waals surface area (Å²) < 4.78 is 24.3. The van der Waals surface area contributed by atoms with Crippen molar-refractivity contribution in [2.24, 2.45) is 5.92 Å². The van der Waals surface area contributed by atoms with Crippen LogP contribution in [0.25, 0.3) is 0 Å². The Labute approximate surface area is 81.5 Å². The van der Waals surface area contributed by atoms with Crippen LogP contribution >= 0.6 is 15.9 Å². The monoisotopic (exact) mass is 259 g/mol. The molecule has 0 aliphatic carbocycles. The van der Waals surface area contributed by atoms with Crippen molar-refractivity contribution in [2.75, 3.05) is 11.3 Å². The van der Waals surface area contributed by atoms with Crippen molar-refractivity contribution in [1.82, 2.24) is 4.72 Å². The van der Waals surface area contributed by atoms with E-state index in [2.05, 4.69) is 20.7 Å². The average Bonchev–Trinajstić information content (AvgIpc) is 2.02. The normalized spacial score (nSPS) is 17.3.